The lowest BCUT2D eigenvalue weighted by Crippen LogP contribution is -2.24. The second-order valence-corrected chi connectivity index (χ2v) is 3.47. The summed E-state index contributed by atoms with van der Waals surface area (Å²) in [5.41, 5.74) is 1.62. The fourth-order valence-electron chi connectivity index (χ4n) is 1.83. The zero-order valence-corrected chi connectivity index (χ0v) is 8.21. The third kappa shape index (κ3) is 1.04. The van der Waals surface area contributed by atoms with Gasteiger partial charge in [0.2, 0.25) is 0 Å². The van der Waals surface area contributed by atoms with Gasteiger partial charge in [0.25, 0.3) is 5.78 Å². The van der Waals surface area contributed by atoms with E-state index in [9.17, 15) is 9.59 Å². The van der Waals surface area contributed by atoms with Gasteiger partial charge in [-0.3, -0.25) is 14.5 Å². The fraction of sp³-hybridized carbons (Fsp3) is 0. The second kappa shape index (κ2) is 3.06. The normalized spacial score (nSPS) is 14.4. The van der Waals surface area contributed by atoms with Crippen LogP contribution in [0.2, 0.25) is 0 Å². The van der Waals surface area contributed by atoms with Crippen molar-refractivity contribution in [2.45, 2.75) is 0 Å². The van der Waals surface area contributed by atoms with E-state index < -0.39 is 11.7 Å². The van der Waals surface area contributed by atoms with Crippen LogP contribution in [0.25, 0.3) is 0 Å². The van der Waals surface area contributed by atoms with E-state index in [1.807, 2.05) is 0 Å². The minimum absolute atomic E-state index is 0.439. The molecular formula is C12H7NO3. The molecule has 2 heterocycles. The molecule has 3 rings (SSSR count). The average molecular weight is 213 g/mol. The Morgan fingerprint density at radius 3 is 2.62 bits per heavy atom. The Kier molecular flexibility index (Phi) is 1.71. The Balaban J connectivity index is 2.22. The number of carbonyl (C=O) groups excluding carboxylic acids is 2. The number of anilines is 2. The average Bonchev–Trinajstić information content (AvgIpc) is 2.89. The number of hydrogen-bond acceptors (Lipinski definition) is 3. The molecule has 2 aromatic rings. The van der Waals surface area contributed by atoms with Gasteiger partial charge in [-0.25, -0.2) is 0 Å². The maximum absolute atomic E-state index is 11.8. The van der Waals surface area contributed by atoms with Gasteiger partial charge in [-0.1, -0.05) is 12.1 Å². The van der Waals surface area contributed by atoms with Crippen LogP contribution in [-0.2, 0) is 4.79 Å². The monoisotopic (exact) mass is 213 g/mol. The molecule has 4 nitrogen and oxygen atoms in total. The van der Waals surface area contributed by atoms with E-state index in [0.717, 1.165) is 0 Å². The fourth-order valence-corrected chi connectivity index (χ4v) is 1.83. The smallest absolute Gasteiger partial charge is 0.304 e. The van der Waals surface area contributed by atoms with Crippen molar-refractivity contribution >= 4 is 23.1 Å². The largest absolute Gasteiger partial charge is 0.470 e. The molecule has 1 aliphatic heterocycles. The first-order valence-electron chi connectivity index (χ1n) is 4.79. The van der Waals surface area contributed by atoms with Crippen LogP contribution >= 0.6 is 0 Å². The zero-order valence-electron chi connectivity index (χ0n) is 8.21. The Morgan fingerprint density at radius 1 is 1.06 bits per heavy atom. The molecule has 0 bridgehead atoms. The Hall–Kier alpha value is -2.36. The Bertz CT molecular complexity index is 572. The highest BCUT2D eigenvalue weighted by atomic mass is 16.3. The van der Waals surface area contributed by atoms with Crippen molar-refractivity contribution in [2.75, 3.05) is 4.90 Å². The molecule has 0 unspecified atom stereocenters. The standard InChI is InChI=1S/C12H7NO3/c14-11-9-3-1-2-4-10(9)13(12(11)15)8-5-6-16-7-8/h1-7H. The number of benzene rings is 1. The lowest BCUT2D eigenvalue weighted by Gasteiger charge is -2.12. The number of rotatable bonds is 1. The molecule has 0 radical (unpaired) electrons. The molecule has 1 aliphatic rings. The number of furan rings is 1. The molecule has 1 aromatic carbocycles. The van der Waals surface area contributed by atoms with Crippen molar-refractivity contribution in [3.05, 3.63) is 48.4 Å². The minimum Gasteiger partial charge on any atom is -0.470 e. The van der Waals surface area contributed by atoms with Gasteiger partial charge in [0.15, 0.2) is 0 Å². The highest BCUT2D eigenvalue weighted by Crippen LogP contribution is 2.34. The first-order valence-corrected chi connectivity index (χ1v) is 4.79. The summed E-state index contributed by atoms with van der Waals surface area (Å²) in [6.07, 6.45) is 2.90. The topological polar surface area (TPSA) is 50.5 Å². The number of carbonyl (C=O) groups is 2. The summed E-state index contributed by atoms with van der Waals surface area (Å²) in [5.74, 6) is -1.01. The van der Waals surface area contributed by atoms with Gasteiger partial charge in [-0.15, -0.1) is 0 Å². The lowest BCUT2D eigenvalue weighted by atomic mass is 10.1. The first kappa shape index (κ1) is 8.91. The molecule has 0 spiro atoms. The molecule has 0 aliphatic carbocycles. The van der Waals surface area contributed by atoms with E-state index >= 15 is 0 Å². The highest BCUT2D eigenvalue weighted by molar-refractivity contribution is 6.53. The summed E-state index contributed by atoms with van der Waals surface area (Å²) in [6.45, 7) is 0. The van der Waals surface area contributed by atoms with Gasteiger partial charge < -0.3 is 4.42 Å². The van der Waals surface area contributed by atoms with E-state index in [-0.39, 0.29) is 0 Å². The quantitative estimate of drug-likeness (QED) is 0.682. The van der Waals surface area contributed by atoms with Gasteiger partial charge in [0, 0.05) is 6.07 Å². The molecule has 0 N–H and O–H groups in total. The molecule has 0 atom stereocenters. The van der Waals surface area contributed by atoms with Crippen molar-refractivity contribution in [2.24, 2.45) is 0 Å². The third-order valence-electron chi connectivity index (χ3n) is 2.55. The number of Topliss-reactive ketones (excluding diaryl/α,β-unsaturated/α-hetero) is 1. The maximum Gasteiger partial charge on any atom is 0.304 e. The van der Waals surface area contributed by atoms with Crippen LogP contribution in [-0.4, -0.2) is 11.7 Å². The van der Waals surface area contributed by atoms with Gasteiger partial charge in [-0.2, -0.15) is 0 Å². The van der Waals surface area contributed by atoms with Crippen molar-refractivity contribution in [1.29, 1.82) is 0 Å². The molecule has 1 amide bonds. The molecule has 0 fully saturated rings. The molecular weight excluding hydrogens is 206 g/mol. The highest BCUT2D eigenvalue weighted by Gasteiger charge is 2.36. The van der Waals surface area contributed by atoms with Gasteiger partial charge in [0.1, 0.15) is 6.26 Å². The molecule has 0 saturated carbocycles. The van der Waals surface area contributed by atoms with Crippen molar-refractivity contribution in [1.82, 2.24) is 0 Å². The van der Waals surface area contributed by atoms with Crippen LogP contribution < -0.4 is 4.90 Å². The van der Waals surface area contributed by atoms with Gasteiger partial charge in [-0.05, 0) is 12.1 Å². The van der Waals surface area contributed by atoms with Crippen LogP contribution in [0.3, 0.4) is 0 Å². The van der Waals surface area contributed by atoms with E-state index in [1.165, 1.54) is 17.4 Å². The lowest BCUT2D eigenvalue weighted by molar-refractivity contribution is -0.113. The molecule has 78 valence electrons. The zero-order chi connectivity index (χ0) is 11.1. The summed E-state index contributed by atoms with van der Waals surface area (Å²) in [4.78, 5) is 24.8. The van der Waals surface area contributed by atoms with Crippen LogP contribution in [0.5, 0.6) is 0 Å². The van der Waals surface area contributed by atoms with Crippen LogP contribution in [0.15, 0.2) is 47.3 Å². The maximum atomic E-state index is 11.8. The Morgan fingerprint density at radius 2 is 1.88 bits per heavy atom. The number of fused-ring (bicyclic) bond motifs is 1. The van der Waals surface area contributed by atoms with E-state index in [0.29, 0.717) is 16.9 Å². The number of nitrogens with zero attached hydrogens (tertiary/aromatic N) is 1. The third-order valence-corrected chi connectivity index (χ3v) is 2.55. The summed E-state index contributed by atoms with van der Waals surface area (Å²) < 4.78 is 4.92. The number of amides is 1. The minimum atomic E-state index is -0.539. The summed E-state index contributed by atoms with van der Waals surface area (Å²) in [5, 5.41) is 0. The van der Waals surface area contributed by atoms with Crippen molar-refractivity contribution in [3.8, 4) is 0 Å². The SMILES string of the molecule is O=C1C(=O)N(c2ccoc2)c2ccccc21. The van der Waals surface area contributed by atoms with E-state index in [2.05, 4.69) is 0 Å². The van der Waals surface area contributed by atoms with Gasteiger partial charge >= 0.3 is 5.91 Å². The van der Waals surface area contributed by atoms with Crippen LogP contribution in [0.4, 0.5) is 11.4 Å². The predicted octanol–water partition coefficient (Wildman–Crippen LogP) is 2.14. The summed E-state index contributed by atoms with van der Waals surface area (Å²) in [7, 11) is 0. The van der Waals surface area contributed by atoms with Crippen LogP contribution in [0, 0.1) is 0 Å². The van der Waals surface area contributed by atoms with E-state index in [1.54, 1.807) is 30.3 Å². The number of ketones is 1. The Labute approximate surface area is 91.1 Å². The van der Waals surface area contributed by atoms with Crippen molar-refractivity contribution < 1.29 is 14.0 Å². The molecule has 16 heavy (non-hydrogen) atoms. The number of para-hydroxylation sites is 1. The molecule has 4 heteroatoms. The summed E-state index contributed by atoms with van der Waals surface area (Å²) in [6, 6.07) is 8.56. The predicted molar refractivity (Wildman–Crippen MR) is 56.6 cm³/mol. The van der Waals surface area contributed by atoms with Crippen molar-refractivity contribution in [3.63, 3.8) is 0 Å². The molecule has 0 saturated heterocycles. The molecule has 1 aromatic heterocycles. The number of hydrogen-bond donors (Lipinski definition) is 0. The first-order chi connectivity index (χ1) is 7.79. The summed E-state index contributed by atoms with van der Waals surface area (Å²) >= 11 is 0. The van der Waals surface area contributed by atoms with E-state index in [4.69, 9.17) is 4.42 Å². The van der Waals surface area contributed by atoms with Crippen LogP contribution in [0.1, 0.15) is 10.4 Å². The van der Waals surface area contributed by atoms with Gasteiger partial charge in [0.05, 0.1) is 23.2 Å². The second-order valence-electron chi connectivity index (χ2n) is 3.47.